The van der Waals surface area contributed by atoms with Gasteiger partial charge in [-0.2, -0.15) is 0 Å². The number of hydrogen-bond acceptors (Lipinski definition) is 3. The predicted molar refractivity (Wildman–Crippen MR) is 76.7 cm³/mol. The van der Waals surface area contributed by atoms with Crippen LogP contribution in [0.25, 0.3) is 11.0 Å². The van der Waals surface area contributed by atoms with E-state index in [2.05, 4.69) is 38.0 Å². The molecule has 0 fully saturated rings. The van der Waals surface area contributed by atoms with E-state index < -0.39 is 0 Å². The van der Waals surface area contributed by atoms with E-state index >= 15 is 0 Å². The van der Waals surface area contributed by atoms with Crippen molar-refractivity contribution in [2.45, 2.75) is 13.2 Å². The molecule has 0 aliphatic heterocycles. The van der Waals surface area contributed by atoms with Gasteiger partial charge >= 0.3 is 0 Å². The minimum atomic E-state index is -0.0893. The van der Waals surface area contributed by atoms with Gasteiger partial charge in [-0.05, 0) is 21.5 Å². The van der Waals surface area contributed by atoms with Crippen molar-refractivity contribution < 1.29 is 5.11 Å². The van der Waals surface area contributed by atoms with Gasteiger partial charge in [-0.1, -0.05) is 30.3 Å². The zero-order valence-electron chi connectivity index (χ0n) is 10.1. The predicted octanol–water partition coefficient (Wildman–Crippen LogP) is 2.73. The van der Waals surface area contributed by atoms with Gasteiger partial charge in [0, 0.05) is 12.7 Å². The standard InChI is InChI=1S/C14H12BrN3O/c15-11-6-16-7-12-14(11)18(13(9-19)17-12)8-10-4-2-1-3-5-10/h1-7,19H,8-9H2. The minimum absolute atomic E-state index is 0.0893. The van der Waals surface area contributed by atoms with Crippen molar-refractivity contribution in [3.63, 3.8) is 0 Å². The van der Waals surface area contributed by atoms with E-state index in [4.69, 9.17) is 0 Å². The van der Waals surface area contributed by atoms with Crippen molar-refractivity contribution in [3.05, 3.63) is 58.6 Å². The first-order chi connectivity index (χ1) is 9.29. The van der Waals surface area contributed by atoms with Crippen LogP contribution in [-0.2, 0) is 13.2 Å². The molecule has 0 saturated carbocycles. The van der Waals surface area contributed by atoms with Crippen LogP contribution in [0.2, 0.25) is 0 Å². The smallest absolute Gasteiger partial charge is 0.136 e. The monoisotopic (exact) mass is 317 g/mol. The fourth-order valence-electron chi connectivity index (χ4n) is 2.15. The van der Waals surface area contributed by atoms with E-state index in [-0.39, 0.29) is 6.61 Å². The lowest BCUT2D eigenvalue weighted by Gasteiger charge is -2.08. The third-order valence-electron chi connectivity index (χ3n) is 3.01. The van der Waals surface area contributed by atoms with Gasteiger partial charge in [-0.3, -0.25) is 4.98 Å². The SMILES string of the molecule is OCc1nc2cncc(Br)c2n1Cc1ccccc1. The summed E-state index contributed by atoms with van der Waals surface area (Å²) < 4.78 is 2.89. The van der Waals surface area contributed by atoms with Crippen LogP contribution in [-0.4, -0.2) is 19.6 Å². The molecule has 2 aromatic heterocycles. The van der Waals surface area contributed by atoms with Crippen molar-refractivity contribution in [2.75, 3.05) is 0 Å². The van der Waals surface area contributed by atoms with E-state index in [1.54, 1.807) is 12.4 Å². The van der Waals surface area contributed by atoms with Crippen LogP contribution in [0.1, 0.15) is 11.4 Å². The Morgan fingerprint density at radius 1 is 1.16 bits per heavy atom. The van der Waals surface area contributed by atoms with Crippen LogP contribution in [0.4, 0.5) is 0 Å². The largest absolute Gasteiger partial charge is 0.388 e. The highest BCUT2D eigenvalue weighted by Crippen LogP contribution is 2.24. The third kappa shape index (κ3) is 2.27. The van der Waals surface area contributed by atoms with Crippen LogP contribution in [0, 0.1) is 0 Å². The molecule has 4 nitrogen and oxygen atoms in total. The molecule has 0 aliphatic rings. The Bertz CT molecular complexity index is 709. The van der Waals surface area contributed by atoms with Crippen LogP contribution < -0.4 is 0 Å². The molecule has 0 bridgehead atoms. The number of nitrogens with zero attached hydrogens (tertiary/aromatic N) is 3. The van der Waals surface area contributed by atoms with Gasteiger partial charge in [0.05, 0.1) is 16.2 Å². The Hall–Kier alpha value is -1.72. The van der Waals surface area contributed by atoms with Gasteiger partial charge in [-0.25, -0.2) is 4.98 Å². The Morgan fingerprint density at radius 3 is 2.68 bits per heavy atom. The number of pyridine rings is 1. The summed E-state index contributed by atoms with van der Waals surface area (Å²) in [4.78, 5) is 8.51. The third-order valence-corrected chi connectivity index (χ3v) is 3.59. The summed E-state index contributed by atoms with van der Waals surface area (Å²) in [6.45, 7) is 0.587. The van der Waals surface area contributed by atoms with Gasteiger partial charge in [0.2, 0.25) is 0 Å². The van der Waals surface area contributed by atoms with Gasteiger partial charge in [0.15, 0.2) is 0 Å². The van der Waals surface area contributed by atoms with Crippen molar-refractivity contribution >= 4 is 27.0 Å². The van der Waals surface area contributed by atoms with E-state index in [0.29, 0.717) is 12.4 Å². The summed E-state index contributed by atoms with van der Waals surface area (Å²) in [5.41, 5.74) is 2.91. The summed E-state index contributed by atoms with van der Waals surface area (Å²) in [5, 5.41) is 9.47. The van der Waals surface area contributed by atoms with Crippen LogP contribution in [0.5, 0.6) is 0 Å². The molecule has 1 aromatic carbocycles. The van der Waals surface area contributed by atoms with Crippen molar-refractivity contribution in [1.29, 1.82) is 0 Å². The molecule has 2 heterocycles. The zero-order chi connectivity index (χ0) is 13.2. The highest BCUT2D eigenvalue weighted by Gasteiger charge is 2.13. The molecule has 19 heavy (non-hydrogen) atoms. The molecule has 0 unspecified atom stereocenters. The van der Waals surface area contributed by atoms with E-state index in [0.717, 1.165) is 15.5 Å². The van der Waals surface area contributed by atoms with Crippen molar-refractivity contribution in [3.8, 4) is 0 Å². The fraction of sp³-hybridized carbons (Fsp3) is 0.143. The summed E-state index contributed by atoms with van der Waals surface area (Å²) in [6, 6.07) is 10.1. The number of rotatable bonds is 3. The van der Waals surface area contributed by atoms with E-state index in [1.165, 1.54) is 5.56 Å². The molecular formula is C14H12BrN3O. The van der Waals surface area contributed by atoms with Crippen molar-refractivity contribution in [2.24, 2.45) is 0 Å². The molecular weight excluding hydrogens is 306 g/mol. The number of fused-ring (bicyclic) bond motifs is 1. The van der Waals surface area contributed by atoms with Gasteiger partial charge < -0.3 is 9.67 Å². The molecule has 1 N–H and O–H groups in total. The minimum Gasteiger partial charge on any atom is -0.388 e. The molecule has 3 aromatic rings. The first-order valence-electron chi connectivity index (χ1n) is 5.93. The topological polar surface area (TPSA) is 50.9 Å². The number of aliphatic hydroxyl groups excluding tert-OH is 1. The van der Waals surface area contributed by atoms with Crippen LogP contribution in [0.3, 0.4) is 0 Å². The normalized spacial score (nSPS) is 11.1. The lowest BCUT2D eigenvalue weighted by Crippen LogP contribution is -2.05. The average Bonchev–Trinajstić information content (AvgIpc) is 2.79. The Kier molecular flexibility index (Phi) is 3.31. The maximum absolute atomic E-state index is 9.47. The first-order valence-corrected chi connectivity index (χ1v) is 6.72. The van der Waals surface area contributed by atoms with Gasteiger partial charge in [-0.15, -0.1) is 0 Å². The number of halogens is 1. The average molecular weight is 318 g/mol. The molecule has 5 heteroatoms. The Balaban J connectivity index is 2.16. The maximum atomic E-state index is 9.47. The van der Waals surface area contributed by atoms with Gasteiger partial charge in [0.25, 0.3) is 0 Å². The quantitative estimate of drug-likeness (QED) is 0.808. The number of benzene rings is 1. The number of aromatic nitrogens is 3. The van der Waals surface area contributed by atoms with E-state index in [9.17, 15) is 5.11 Å². The molecule has 0 radical (unpaired) electrons. The van der Waals surface area contributed by atoms with Crippen LogP contribution in [0.15, 0.2) is 47.2 Å². The number of imidazole rings is 1. The second kappa shape index (κ2) is 5.11. The molecule has 0 amide bonds. The first kappa shape index (κ1) is 12.3. The molecule has 96 valence electrons. The Morgan fingerprint density at radius 2 is 1.95 bits per heavy atom. The molecule has 0 saturated heterocycles. The van der Waals surface area contributed by atoms with Crippen molar-refractivity contribution in [1.82, 2.24) is 14.5 Å². The van der Waals surface area contributed by atoms with Crippen LogP contribution >= 0.6 is 15.9 Å². The molecule has 3 rings (SSSR count). The lowest BCUT2D eigenvalue weighted by atomic mass is 10.2. The number of hydrogen-bond donors (Lipinski definition) is 1. The molecule has 0 atom stereocenters. The summed E-state index contributed by atoms with van der Waals surface area (Å²) >= 11 is 3.50. The Labute approximate surface area is 118 Å². The molecule has 0 aliphatic carbocycles. The zero-order valence-corrected chi connectivity index (χ0v) is 11.7. The maximum Gasteiger partial charge on any atom is 0.136 e. The summed E-state index contributed by atoms with van der Waals surface area (Å²) in [7, 11) is 0. The highest BCUT2D eigenvalue weighted by molar-refractivity contribution is 9.10. The fourth-order valence-corrected chi connectivity index (χ4v) is 2.69. The highest BCUT2D eigenvalue weighted by atomic mass is 79.9. The second-order valence-corrected chi connectivity index (χ2v) is 5.10. The second-order valence-electron chi connectivity index (χ2n) is 4.25. The summed E-state index contributed by atoms with van der Waals surface area (Å²) in [5.74, 6) is 0.646. The number of aliphatic hydroxyl groups is 1. The molecule has 0 spiro atoms. The van der Waals surface area contributed by atoms with Gasteiger partial charge in [0.1, 0.15) is 17.9 Å². The summed E-state index contributed by atoms with van der Waals surface area (Å²) in [6.07, 6.45) is 3.45. The van der Waals surface area contributed by atoms with E-state index in [1.807, 2.05) is 22.8 Å². The lowest BCUT2D eigenvalue weighted by molar-refractivity contribution is 0.267.